The molecule has 1 aliphatic carbocycles. The molecule has 1 aromatic heterocycles. The van der Waals surface area contributed by atoms with Gasteiger partial charge in [-0.05, 0) is 24.8 Å². The molecule has 0 atom stereocenters. The maximum absolute atomic E-state index is 12.1. The molecule has 1 amide bonds. The van der Waals surface area contributed by atoms with Crippen LogP contribution in [0.1, 0.15) is 55.9 Å². The predicted molar refractivity (Wildman–Crippen MR) is 79.9 cm³/mol. The Kier molecular flexibility index (Phi) is 4.88. The first-order valence-electron chi connectivity index (χ1n) is 7.01. The van der Waals surface area contributed by atoms with Gasteiger partial charge in [0.2, 0.25) is 5.91 Å². The Morgan fingerprint density at radius 2 is 2.10 bits per heavy atom. The zero-order chi connectivity index (χ0) is 14.6. The van der Waals surface area contributed by atoms with E-state index in [1.54, 1.807) is 5.38 Å². The van der Waals surface area contributed by atoms with Crippen LogP contribution in [0.4, 0.5) is 5.13 Å². The Bertz CT molecular complexity index is 492. The molecule has 1 aliphatic rings. The van der Waals surface area contributed by atoms with Crippen LogP contribution in [-0.2, 0) is 4.79 Å². The minimum Gasteiger partial charge on any atom is -0.330 e. The van der Waals surface area contributed by atoms with Gasteiger partial charge in [0.25, 0.3) is 0 Å². The lowest BCUT2D eigenvalue weighted by Crippen LogP contribution is -2.36. The zero-order valence-electron chi connectivity index (χ0n) is 11.8. The number of carbonyl (C=O) groups is 2. The van der Waals surface area contributed by atoms with E-state index in [0.29, 0.717) is 23.8 Å². The van der Waals surface area contributed by atoms with Gasteiger partial charge in [-0.25, -0.2) is 4.98 Å². The highest BCUT2D eigenvalue weighted by molar-refractivity contribution is 7.14. The molecule has 110 valence electrons. The summed E-state index contributed by atoms with van der Waals surface area (Å²) in [5.74, 6) is -0.144. The van der Waals surface area contributed by atoms with E-state index in [0.717, 1.165) is 25.7 Å². The van der Waals surface area contributed by atoms with Crippen molar-refractivity contribution in [2.24, 2.45) is 11.1 Å². The third-order valence-electron chi connectivity index (χ3n) is 3.99. The van der Waals surface area contributed by atoms with Crippen molar-refractivity contribution in [3.63, 3.8) is 0 Å². The van der Waals surface area contributed by atoms with Crippen LogP contribution in [0, 0.1) is 5.41 Å². The fraction of sp³-hybridized carbons (Fsp3) is 0.643. The van der Waals surface area contributed by atoms with Crippen LogP contribution < -0.4 is 11.1 Å². The Hall–Kier alpha value is -1.27. The third kappa shape index (κ3) is 3.64. The lowest BCUT2D eigenvalue weighted by molar-refractivity contribution is -0.118. The molecular weight excluding hydrogens is 274 g/mol. The van der Waals surface area contributed by atoms with Crippen LogP contribution in [0.5, 0.6) is 0 Å². The number of rotatable bonds is 5. The lowest BCUT2D eigenvalue weighted by Gasteiger charge is -2.35. The van der Waals surface area contributed by atoms with Gasteiger partial charge in [-0.15, -0.1) is 11.3 Å². The number of nitrogens with two attached hydrogens (primary N) is 1. The molecule has 0 aromatic carbocycles. The summed E-state index contributed by atoms with van der Waals surface area (Å²) >= 11 is 1.28. The highest BCUT2D eigenvalue weighted by Crippen LogP contribution is 2.38. The van der Waals surface area contributed by atoms with Crippen molar-refractivity contribution in [1.82, 2.24) is 4.98 Å². The number of thiazole rings is 1. The lowest BCUT2D eigenvalue weighted by atomic mass is 9.72. The average molecular weight is 295 g/mol. The average Bonchev–Trinajstić information content (AvgIpc) is 2.88. The molecule has 0 bridgehead atoms. The summed E-state index contributed by atoms with van der Waals surface area (Å²) < 4.78 is 0. The maximum Gasteiger partial charge on any atom is 0.226 e. The fourth-order valence-corrected chi connectivity index (χ4v) is 3.52. The van der Waals surface area contributed by atoms with Crippen molar-refractivity contribution in [3.8, 4) is 0 Å². The molecule has 0 saturated heterocycles. The number of nitrogens with zero attached hydrogens (tertiary/aromatic N) is 1. The van der Waals surface area contributed by atoms with Gasteiger partial charge < -0.3 is 11.1 Å². The molecule has 3 N–H and O–H groups in total. The second-order valence-electron chi connectivity index (χ2n) is 5.58. The van der Waals surface area contributed by atoms with Crippen molar-refractivity contribution < 1.29 is 9.59 Å². The molecular formula is C14H21N3O2S. The summed E-state index contributed by atoms with van der Waals surface area (Å²) in [6.07, 6.45) is 6.02. The Morgan fingerprint density at radius 3 is 2.65 bits per heavy atom. The van der Waals surface area contributed by atoms with Gasteiger partial charge >= 0.3 is 0 Å². The molecule has 1 fully saturated rings. The minimum atomic E-state index is -0.0903. The van der Waals surface area contributed by atoms with Crippen LogP contribution in [0.25, 0.3) is 0 Å². The zero-order valence-corrected chi connectivity index (χ0v) is 12.6. The van der Waals surface area contributed by atoms with Crippen LogP contribution in [0.2, 0.25) is 0 Å². The van der Waals surface area contributed by atoms with Crippen LogP contribution in [-0.4, -0.2) is 23.2 Å². The number of nitrogens with one attached hydrogen (secondary N) is 1. The molecule has 5 nitrogen and oxygen atoms in total. The number of ketones is 1. The Morgan fingerprint density at radius 1 is 1.40 bits per heavy atom. The topological polar surface area (TPSA) is 85.1 Å². The molecule has 6 heteroatoms. The second kappa shape index (κ2) is 6.45. The Labute approximate surface area is 123 Å². The van der Waals surface area contributed by atoms with Crippen molar-refractivity contribution in [2.75, 3.05) is 11.9 Å². The molecule has 0 spiro atoms. The quantitative estimate of drug-likeness (QED) is 0.818. The van der Waals surface area contributed by atoms with Gasteiger partial charge in [0.15, 0.2) is 10.9 Å². The SMILES string of the molecule is CC(=O)c1csc(NC(=O)CC2(CN)CCCCC2)n1. The molecule has 0 aliphatic heterocycles. The van der Waals surface area contributed by atoms with Crippen molar-refractivity contribution in [2.45, 2.75) is 45.4 Å². The van der Waals surface area contributed by atoms with E-state index in [1.165, 1.54) is 24.7 Å². The van der Waals surface area contributed by atoms with Crippen LogP contribution >= 0.6 is 11.3 Å². The third-order valence-corrected chi connectivity index (χ3v) is 4.75. The fourth-order valence-electron chi connectivity index (χ4n) is 2.75. The van der Waals surface area contributed by atoms with Crippen LogP contribution in [0.3, 0.4) is 0 Å². The van der Waals surface area contributed by atoms with Gasteiger partial charge in [0.05, 0.1) is 0 Å². The van der Waals surface area contributed by atoms with E-state index in [9.17, 15) is 9.59 Å². The number of aromatic nitrogens is 1. The number of hydrogen-bond donors (Lipinski definition) is 2. The highest BCUT2D eigenvalue weighted by atomic mass is 32.1. The first kappa shape index (κ1) is 15.1. The van der Waals surface area contributed by atoms with Gasteiger partial charge in [0, 0.05) is 18.7 Å². The van der Waals surface area contributed by atoms with Gasteiger partial charge in [-0.2, -0.15) is 0 Å². The summed E-state index contributed by atoms with van der Waals surface area (Å²) in [6, 6.07) is 0. The van der Waals surface area contributed by atoms with E-state index in [1.807, 2.05) is 0 Å². The highest BCUT2D eigenvalue weighted by Gasteiger charge is 2.33. The largest absolute Gasteiger partial charge is 0.330 e. The number of Topliss-reactive ketones (excluding diaryl/α,β-unsaturated/α-hetero) is 1. The smallest absolute Gasteiger partial charge is 0.226 e. The number of carbonyl (C=O) groups excluding carboxylic acids is 2. The van der Waals surface area contributed by atoms with Gasteiger partial charge in [0.1, 0.15) is 5.69 Å². The summed E-state index contributed by atoms with van der Waals surface area (Å²) in [6.45, 7) is 2.02. The molecule has 0 unspecified atom stereocenters. The van der Waals surface area contributed by atoms with E-state index < -0.39 is 0 Å². The van der Waals surface area contributed by atoms with E-state index in [-0.39, 0.29) is 17.1 Å². The van der Waals surface area contributed by atoms with Crippen molar-refractivity contribution >= 4 is 28.2 Å². The normalized spacial score (nSPS) is 17.7. The van der Waals surface area contributed by atoms with Gasteiger partial charge in [-0.1, -0.05) is 19.3 Å². The summed E-state index contributed by atoms with van der Waals surface area (Å²) in [7, 11) is 0. The second-order valence-corrected chi connectivity index (χ2v) is 6.44. The first-order chi connectivity index (χ1) is 9.54. The predicted octanol–water partition coefficient (Wildman–Crippen LogP) is 2.58. The number of amides is 1. The Balaban J connectivity index is 1.95. The van der Waals surface area contributed by atoms with Crippen LogP contribution in [0.15, 0.2) is 5.38 Å². The molecule has 20 heavy (non-hydrogen) atoms. The molecule has 1 saturated carbocycles. The monoisotopic (exact) mass is 295 g/mol. The van der Waals surface area contributed by atoms with E-state index in [2.05, 4.69) is 10.3 Å². The molecule has 1 aromatic rings. The standard InChI is InChI=1S/C14H21N3O2S/c1-10(18)11-8-20-13(16-11)17-12(19)7-14(9-15)5-3-2-4-6-14/h8H,2-7,9,15H2,1H3,(H,16,17,19). The number of anilines is 1. The van der Waals surface area contributed by atoms with Gasteiger partial charge in [-0.3, -0.25) is 9.59 Å². The maximum atomic E-state index is 12.1. The summed E-state index contributed by atoms with van der Waals surface area (Å²) in [4.78, 5) is 27.4. The molecule has 0 radical (unpaired) electrons. The van der Waals surface area contributed by atoms with Crippen molar-refractivity contribution in [3.05, 3.63) is 11.1 Å². The summed E-state index contributed by atoms with van der Waals surface area (Å²) in [5.41, 5.74) is 6.23. The van der Waals surface area contributed by atoms with E-state index >= 15 is 0 Å². The summed E-state index contributed by atoms with van der Waals surface area (Å²) in [5, 5.41) is 4.94. The molecule has 2 rings (SSSR count). The molecule has 1 heterocycles. The minimum absolute atomic E-state index is 0.0526. The van der Waals surface area contributed by atoms with E-state index in [4.69, 9.17) is 5.73 Å². The van der Waals surface area contributed by atoms with Crippen molar-refractivity contribution in [1.29, 1.82) is 0 Å². The number of hydrogen-bond acceptors (Lipinski definition) is 5. The first-order valence-corrected chi connectivity index (χ1v) is 7.89.